The number of amides is 1. The van der Waals surface area contributed by atoms with Crippen molar-refractivity contribution in [3.05, 3.63) is 82.0 Å². The van der Waals surface area contributed by atoms with E-state index < -0.39 is 0 Å². The number of hydrogen-bond acceptors (Lipinski definition) is 8. The van der Waals surface area contributed by atoms with Gasteiger partial charge in [0.2, 0.25) is 5.91 Å². The molecule has 1 aliphatic rings. The predicted octanol–water partition coefficient (Wildman–Crippen LogP) is 6.04. The quantitative estimate of drug-likeness (QED) is 0.170. The van der Waals surface area contributed by atoms with Crippen molar-refractivity contribution in [3.63, 3.8) is 0 Å². The van der Waals surface area contributed by atoms with Gasteiger partial charge in [-0.05, 0) is 62.4 Å². The van der Waals surface area contributed by atoms with Crippen LogP contribution in [0.15, 0.2) is 59.8 Å². The number of fused-ring (bicyclic) bond motifs is 1. The molecule has 8 nitrogen and oxygen atoms in total. The number of aryl methyl sites for hydroxylation is 2. The summed E-state index contributed by atoms with van der Waals surface area (Å²) in [6.45, 7) is 4.67. The zero-order valence-corrected chi connectivity index (χ0v) is 23.7. The standard InChI is InChI=1S/C29H31N5O3S2/c1-3-37-28(36)26-21-13-9-15-23(21)39-27(26)31-25(35)16-17-38-29-33-32-24(34(29)20-11-5-4-6-12-20)18-30-22-14-8-7-10-19(22)2/h4-8,10-12,14,30H,3,9,13,15-18H2,1-2H3,(H,31,35). The second-order valence-corrected chi connectivity index (χ2v) is 11.3. The number of nitrogens with zero attached hydrogens (tertiary/aromatic N) is 3. The monoisotopic (exact) mass is 561 g/mol. The number of thiophene rings is 1. The molecule has 4 aromatic rings. The Balaban J connectivity index is 1.26. The van der Waals surface area contributed by atoms with Crippen LogP contribution in [0.5, 0.6) is 0 Å². The molecule has 10 heteroatoms. The fourth-order valence-electron chi connectivity index (χ4n) is 4.63. The normalized spacial score (nSPS) is 12.3. The zero-order valence-electron chi connectivity index (χ0n) is 22.0. The van der Waals surface area contributed by atoms with Crippen molar-refractivity contribution in [2.24, 2.45) is 0 Å². The maximum Gasteiger partial charge on any atom is 0.341 e. The third kappa shape index (κ3) is 6.17. The van der Waals surface area contributed by atoms with Gasteiger partial charge >= 0.3 is 5.97 Å². The highest BCUT2D eigenvalue weighted by atomic mass is 32.2. The van der Waals surface area contributed by atoms with Gasteiger partial charge in [0.05, 0.1) is 18.7 Å². The first-order valence-electron chi connectivity index (χ1n) is 13.1. The molecule has 2 N–H and O–H groups in total. The van der Waals surface area contributed by atoms with Gasteiger partial charge in [0, 0.05) is 28.4 Å². The van der Waals surface area contributed by atoms with Gasteiger partial charge in [-0.25, -0.2) is 4.79 Å². The minimum Gasteiger partial charge on any atom is -0.462 e. The summed E-state index contributed by atoms with van der Waals surface area (Å²) in [6.07, 6.45) is 3.09. The molecule has 2 aromatic heterocycles. The largest absolute Gasteiger partial charge is 0.462 e. The van der Waals surface area contributed by atoms with E-state index in [1.165, 1.54) is 28.0 Å². The molecule has 2 heterocycles. The minimum atomic E-state index is -0.357. The molecular weight excluding hydrogens is 530 g/mol. The summed E-state index contributed by atoms with van der Waals surface area (Å²) >= 11 is 2.98. The topological polar surface area (TPSA) is 98.1 Å². The number of ether oxygens (including phenoxy) is 1. The minimum absolute atomic E-state index is 0.139. The maximum atomic E-state index is 12.9. The Morgan fingerprint density at radius 2 is 1.87 bits per heavy atom. The van der Waals surface area contributed by atoms with E-state index >= 15 is 0 Å². The molecule has 0 saturated carbocycles. The number of para-hydroxylation sites is 2. The maximum absolute atomic E-state index is 12.9. The molecule has 0 unspecified atom stereocenters. The van der Waals surface area contributed by atoms with Gasteiger partial charge < -0.3 is 15.4 Å². The van der Waals surface area contributed by atoms with Crippen LogP contribution in [0.2, 0.25) is 0 Å². The van der Waals surface area contributed by atoms with Crippen LogP contribution in [0.25, 0.3) is 5.69 Å². The van der Waals surface area contributed by atoms with E-state index in [4.69, 9.17) is 4.74 Å². The number of nitrogens with one attached hydrogen (secondary N) is 2. The number of benzene rings is 2. The molecule has 1 aliphatic carbocycles. The average molecular weight is 562 g/mol. The van der Waals surface area contributed by atoms with Gasteiger partial charge in [-0.2, -0.15) is 0 Å². The molecule has 202 valence electrons. The van der Waals surface area contributed by atoms with Gasteiger partial charge in [0.1, 0.15) is 5.00 Å². The number of carbonyl (C=O) groups is 2. The van der Waals surface area contributed by atoms with E-state index in [9.17, 15) is 9.59 Å². The van der Waals surface area contributed by atoms with Crippen LogP contribution in [-0.4, -0.2) is 39.0 Å². The van der Waals surface area contributed by atoms with Crippen molar-refractivity contribution < 1.29 is 14.3 Å². The zero-order chi connectivity index (χ0) is 27.2. The average Bonchev–Trinajstić information content (AvgIpc) is 3.63. The van der Waals surface area contributed by atoms with E-state index in [-0.39, 0.29) is 18.3 Å². The summed E-state index contributed by atoms with van der Waals surface area (Å²) in [5.74, 6) is 0.801. The van der Waals surface area contributed by atoms with Crippen molar-refractivity contribution in [2.45, 2.75) is 51.2 Å². The fourth-order valence-corrected chi connectivity index (χ4v) is 6.83. The number of anilines is 2. The van der Waals surface area contributed by atoms with E-state index in [0.717, 1.165) is 52.7 Å². The Morgan fingerprint density at radius 3 is 2.67 bits per heavy atom. The third-order valence-corrected chi connectivity index (χ3v) is 8.65. The Bertz CT molecular complexity index is 1470. The van der Waals surface area contributed by atoms with Gasteiger partial charge in [-0.15, -0.1) is 21.5 Å². The van der Waals surface area contributed by atoms with Crippen LogP contribution < -0.4 is 10.6 Å². The highest BCUT2D eigenvalue weighted by Gasteiger charge is 2.28. The lowest BCUT2D eigenvalue weighted by Crippen LogP contribution is -2.15. The number of esters is 1. The molecular formula is C29H31N5O3S2. The van der Waals surface area contributed by atoms with Crippen LogP contribution in [0.4, 0.5) is 10.7 Å². The SMILES string of the molecule is CCOC(=O)c1c(NC(=O)CCSc2nnc(CNc3ccccc3C)n2-c2ccccc2)sc2c1CCC2. The summed E-state index contributed by atoms with van der Waals surface area (Å²) in [4.78, 5) is 26.7. The highest BCUT2D eigenvalue weighted by Crippen LogP contribution is 2.39. The van der Waals surface area contributed by atoms with Crippen molar-refractivity contribution in [2.75, 3.05) is 23.0 Å². The van der Waals surface area contributed by atoms with Crippen LogP contribution in [0, 0.1) is 6.92 Å². The van der Waals surface area contributed by atoms with Crippen molar-refractivity contribution in [3.8, 4) is 5.69 Å². The summed E-state index contributed by atoms with van der Waals surface area (Å²) in [5.41, 5.74) is 4.73. The molecule has 0 saturated heterocycles. The molecule has 0 bridgehead atoms. The first-order valence-corrected chi connectivity index (χ1v) is 14.9. The lowest BCUT2D eigenvalue weighted by atomic mass is 10.1. The van der Waals surface area contributed by atoms with Crippen LogP contribution in [0.1, 0.15) is 52.0 Å². The Morgan fingerprint density at radius 1 is 1.08 bits per heavy atom. The number of thioether (sulfide) groups is 1. The van der Waals surface area contributed by atoms with Crippen molar-refractivity contribution in [1.29, 1.82) is 0 Å². The molecule has 0 aliphatic heterocycles. The summed E-state index contributed by atoms with van der Waals surface area (Å²) in [5, 5.41) is 16.7. The number of carbonyl (C=O) groups excluding carboxylic acids is 2. The molecule has 39 heavy (non-hydrogen) atoms. The summed E-state index contributed by atoms with van der Waals surface area (Å²) in [7, 11) is 0. The molecule has 2 aromatic carbocycles. The lowest BCUT2D eigenvalue weighted by Gasteiger charge is -2.12. The van der Waals surface area contributed by atoms with Crippen LogP contribution in [0.3, 0.4) is 0 Å². The fraction of sp³-hybridized carbons (Fsp3) is 0.310. The van der Waals surface area contributed by atoms with Crippen molar-refractivity contribution in [1.82, 2.24) is 14.8 Å². The molecule has 5 rings (SSSR count). The molecule has 0 fully saturated rings. The van der Waals surface area contributed by atoms with Gasteiger partial charge in [-0.3, -0.25) is 9.36 Å². The Hall–Kier alpha value is -3.63. The molecule has 1 amide bonds. The second kappa shape index (κ2) is 12.5. The Kier molecular flexibility index (Phi) is 8.63. The van der Waals surface area contributed by atoms with E-state index in [1.54, 1.807) is 6.92 Å². The van der Waals surface area contributed by atoms with E-state index in [2.05, 4.69) is 33.8 Å². The molecule has 0 spiro atoms. The molecule has 0 atom stereocenters. The van der Waals surface area contributed by atoms with Gasteiger partial charge in [-0.1, -0.05) is 48.2 Å². The number of rotatable bonds is 11. The van der Waals surface area contributed by atoms with Crippen LogP contribution in [-0.2, 0) is 28.9 Å². The number of hydrogen-bond donors (Lipinski definition) is 2. The van der Waals surface area contributed by atoms with Gasteiger partial charge in [0.15, 0.2) is 11.0 Å². The lowest BCUT2D eigenvalue weighted by molar-refractivity contribution is -0.115. The van der Waals surface area contributed by atoms with E-state index in [1.807, 2.05) is 53.1 Å². The smallest absolute Gasteiger partial charge is 0.341 e. The summed E-state index contributed by atoms with van der Waals surface area (Å²) < 4.78 is 7.30. The molecule has 0 radical (unpaired) electrons. The van der Waals surface area contributed by atoms with Crippen LogP contribution >= 0.6 is 23.1 Å². The first kappa shape index (κ1) is 27.0. The Labute approximate surface area is 236 Å². The van der Waals surface area contributed by atoms with Gasteiger partial charge in [0.25, 0.3) is 0 Å². The summed E-state index contributed by atoms with van der Waals surface area (Å²) in [6, 6.07) is 18.1. The highest BCUT2D eigenvalue weighted by molar-refractivity contribution is 7.99. The van der Waals surface area contributed by atoms with Crippen molar-refractivity contribution >= 4 is 45.7 Å². The second-order valence-electron chi connectivity index (χ2n) is 9.17. The third-order valence-electron chi connectivity index (χ3n) is 6.51. The number of aromatic nitrogens is 3. The predicted molar refractivity (Wildman–Crippen MR) is 156 cm³/mol. The van der Waals surface area contributed by atoms with E-state index in [0.29, 0.717) is 29.5 Å². The first-order chi connectivity index (χ1) is 19.0.